The molecule has 5 aromatic rings. The Hall–Kier alpha value is -2.95. The molecule has 0 amide bonds. The van der Waals surface area contributed by atoms with E-state index in [2.05, 4.69) is 169 Å². The van der Waals surface area contributed by atoms with E-state index in [-0.39, 0.29) is 22.1 Å². The molecule has 6 rings (SSSR count). The van der Waals surface area contributed by atoms with Gasteiger partial charge in [0, 0.05) is 25.9 Å². The largest absolute Gasteiger partial charge is 0.310 e. The van der Waals surface area contributed by atoms with Crippen LogP contribution >= 0.6 is 31.9 Å². The highest BCUT2D eigenvalue weighted by molar-refractivity contribution is 9.10. The van der Waals surface area contributed by atoms with Gasteiger partial charge < -0.3 is 4.90 Å². The lowest BCUT2D eigenvalue weighted by Gasteiger charge is -2.44. The van der Waals surface area contributed by atoms with Gasteiger partial charge in [-0.05, 0) is 110 Å². The molecular weight excluding hydrogens is 637 g/mol. The van der Waals surface area contributed by atoms with Gasteiger partial charge in [-0.3, -0.25) is 0 Å². The third kappa shape index (κ3) is 4.37. The fraction of sp³-hybridized carbons (Fsp3) is 0.243. The Bertz CT molecular complexity index is 1740. The maximum atomic E-state index is 16.4. The topological polar surface area (TPSA) is 3.24 Å². The number of halogens is 3. The standard InChI is InChI=1S/C37H34Br2FN/c1-35(2)31-20-25(21-32(40)34(31)36(3,4)37(35,5)6)30-19-23-9-7-8-10-24(23)22-33(30)41(28-15-11-26(38)12-16-28)29-17-13-27(39)14-18-29/h7-22H,1-6H3. The molecule has 0 atom stereocenters. The molecule has 1 nitrogen and oxygen atoms in total. The maximum absolute atomic E-state index is 16.4. The number of anilines is 3. The van der Waals surface area contributed by atoms with Crippen molar-refractivity contribution in [2.24, 2.45) is 5.41 Å². The predicted molar refractivity (Wildman–Crippen MR) is 179 cm³/mol. The first-order valence-electron chi connectivity index (χ1n) is 14.0. The average molecular weight is 671 g/mol. The van der Waals surface area contributed by atoms with Crippen molar-refractivity contribution in [2.75, 3.05) is 4.90 Å². The van der Waals surface area contributed by atoms with Gasteiger partial charge in [-0.2, -0.15) is 0 Å². The van der Waals surface area contributed by atoms with Crippen LogP contribution in [0.4, 0.5) is 21.5 Å². The zero-order valence-corrected chi connectivity index (χ0v) is 27.5. The quantitative estimate of drug-likeness (QED) is 0.184. The molecule has 0 unspecified atom stereocenters. The Morgan fingerprint density at radius 1 is 0.610 bits per heavy atom. The molecule has 0 saturated carbocycles. The summed E-state index contributed by atoms with van der Waals surface area (Å²) in [5.41, 5.74) is 6.23. The summed E-state index contributed by atoms with van der Waals surface area (Å²) in [6, 6.07) is 33.6. The van der Waals surface area contributed by atoms with Gasteiger partial charge in [-0.25, -0.2) is 4.39 Å². The van der Waals surface area contributed by atoms with Crippen molar-refractivity contribution in [1.29, 1.82) is 0 Å². The smallest absolute Gasteiger partial charge is 0.127 e. The van der Waals surface area contributed by atoms with Crippen molar-refractivity contribution in [1.82, 2.24) is 0 Å². The van der Waals surface area contributed by atoms with Crippen LogP contribution in [-0.2, 0) is 10.8 Å². The Kier molecular flexibility index (Phi) is 6.75. The normalized spacial score (nSPS) is 16.5. The van der Waals surface area contributed by atoms with Crippen LogP contribution in [0.5, 0.6) is 0 Å². The van der Waals surface area contributed by atoms with Crippen molar-refractivity contribution in [3.63, 3.8) is 0 Å². The Morgan fingerprint density at radius 2 is 1.12 bits per heavy atom. The van der Waals surface area contributed by atoms with Crippen LogP contribution in [0.15, 0.2) is 106 Å². The molecule has 208 valence electrons. The van der Waals surface area contributed by atoms with E-state index < -0.39 is 0 Å². The number of nitrogens with zero attached hydrogens (tertiary/aromatic N) is 1. The highest BCUT2D eigenvalue weighted by Crippen LogP contribution is 2.62. The van der Waals surface area contributed by atoms with Gasteiger partial charge in [0.05, 0.1) is 5.69 Å². The molecular formula is C37H34Br2FN. The molecule has 0 saturated heterocycles. The molecule has 4 heteroatoms. The number of hydrogen-bond donors (Lipinski definition) is 0. The van der Waals surface area contributed by atoms with Gasteiger partial charge in [-0.1, -0.05) is 104 Å². The summed E-state index contributed by atoms with van der Waals surface area (Å²) >= 11 is 7.20. The first-order valence-corrected chi connectivity index (χ1v) is 15.6. The molecule has 0 spiro atoms. The Balaban J connectivity index is 1.67. The van der Waals surface area contributed by atoms with E-state index >= 15 is 4.39 Å². The lowest BCUT2D eigenvalue weighted by atomic mass is 9.59. The van der Waals surface area contributed by atoms with Gasteiger partial charge >= 0.3 is 0 Å². The highest BCUT2D eigenvalue weighted by atomic mass is 79.9. The van der Waals surface area contributed by atoms with Gasteiger partial charge in [0.1, 0.15) is 5.82 Å². The lowest BCUT2D eigenvalue weighted by Crippen LogP contribution is -2.42. The maximum Gasteiger partial charge on any atom is 0.127 e. The van der Waals surface area contributed by atoms with Gasteiger partial charge in [-0.15, -0.1) is 0 Å². The van der Waals surface area contributed by atoms with Crippen LogP contribution in [0.3, 0.4) is 0 Å². The molecule has 0 aliphatic heterocycles. The highest BCUT2D eigenvalue weighted by Gasteiger charge is 2.58. The lowest BCUT2D eigenvalue weighted by molar-refractivity contribution is 0.123. The van der Waals surface area contributed by atoms with E-state index in [0.717, 1.165) is 59.0 Å². The Morgan fingerprint density at radius 3 is 1.66 bits per heavy atom. The second-order valence-electron chi connectivity index (χ2n) is 12.8. The zero-order valence-electron chi connectivity index (χ0n) is 24.3. The minimum atomic E-state index is -0.304. The molecule has 1 aliphatic rings. The summed E-state index contributed by atoms with van der Waals surface area (Å²) in [6.07, 6.45) is 0. The van der Waals surface area contributed by atoms with Crippen molar-refractivity contribution in [3.05, 3.63) is 123 Å². The minimum absolute atomic E-state index is 0.126. The van der Waals surface area contributed by atoms with Crippen molar-refractivity contribution in [2.45, 2.75) is 52.4 Å². The van der Waals surface area contributed by atoms with Crippen molar-refractivity contribution < 1.29 is 4.39 Å². The molecule has 0 bridgehead atoms. The molecule has 0 fully saturated rings. The summed E-state index contributed by atoms with van der Waals surface area (Å²) in [7, 11) is 0. The molecule has 41 heavy (non-hydrogen) atoms. The first kappa shape index (κ1) is 28.2. The van der Waals surface area contributed by atoms with E-state index in [4.69, 9.17) is 0 Å². The van der Waals surface area contributed by atoms with E-state index in [9.17, 15) is 0 Å². The number of benzene rings is 5. The van der Waals surface area contributed by atoms with Crippen molar-refractivity contribution >= 4 is 59.7 Å². The predicted octanol–water partition coefficient (Wildman–Crippen LogP) is 12.2. The van der Waals surface area contributed by atoms with Gasteiger partial charge in [0.2, 0.25) is 0 Å². The number of fused-ring (bicyclic) bond motifs is 2. The van der Waals surface area contributed by atoms with E-state index in [1.54, 1.807) is 6.07 Å². The van der Waals surface area contributed by atoms with E-state index in [1.807, 2.05) is 0 Å². The van der Waals surface area contributed by atoms with Gasteiger partial charge in [0.15, 0.2) is 0 Å². The van der Waals surface area contributed by atoms with E-state index in [0.29, 0.717) is 0 Å². The first-order chi connectivity index (χ1) is 19.3. The number of hydrogen-bond acceptors (Lipinski definition) is 1. The molecule has 0 heterocycles. The van der Waals surface area contributed by atoms with Crippen LogP contribution in [0.25, 0.3) is 21.9 Å². The second kappa shape index (κ2) is 9.81. The molecule has 1 aliphatic carbocycles. The zero-order chi connectivity index (χ0) is 29.3. The summed E-state index contributed by atoms with van der Waals surface area (Å²) in [5.74, 6) is -0.126. The molecule has 0 N–H and O–H groups in total. The van der Waals surface area contributed by atoms with Crippen LogP contribution in [-0.4, -0.2) is 0 Å². The third-order valence-corrected chi connectivity index (χ3v) is 11.2. The molecule has 5 aromatic carbocycles. The number of rotatable bonds is 4. The van der Waals surface area contributed by atoms with Crippen molar-refractivity contribution in [3.8, 4) is 11.1 Å². The second-order valence-corrected chi connectivity index (χ2v) is 14.6. The minimum Gasteiger partial charge on any atom is -0.310 e. The third-order valence-electron chi connectivity index (χ3n) is 10.1. The summed E-state index contributed by atoms with van der Waals surface area (Å²) < 4.78 is 18.4. The monoisotopic (exact) mass is 669 g/mol. The summed E-state index contributed by atoms with van der Waals surface area (Å²) in [4.78, 5) is 2.27. The van der Waals surface area contributed by atoms with E-state index in [1.165, 1.54) is 0 Å². The SMILES string of the molecule is CC1(C)c2cc(-c3cc4ccccc4cc3N(c3ccc(Br)cc3)c3ccc(Br)cc3)cc(F)c2C(C)(C)C1(C)C. The average Bonchev–Trinajstić information content (AvgIpc) is 3.04. The van der Waals surface area contributed by atoms with Crippen LogP contribution < -0.4 is 4.90 Å². The van der Waals surface area contributed by atoms with Crippen LogP contribution in [0.2, 0.25) is 0 Å². The summed E-state index contributed by atoms with van der Waals surface area (Å²) in [6.45, 7) is 13.5. The fourth-order valence-electron chi connectivity index (χ4n) is 6.57. The molecule has 0 aromatic heterocycles. The van der Waals surface area contributed by atoms with Crippen LogP contribution in [0, 0.1) is 11.2 Å². The fourth-order valence-corrected chi connectivity index (χ4v) is 7.10. The molecule has 0 radical (unpaired) electrons. The van der Waals surface area contributed by atoms with Gasteiger partial charge in [0.25, 0.3) is 0 Å². The Labute approximate surface area is 259 Å². The van der Waals surface area contributed by atoms with Crippen LogP contribution in [0.1, 0.15) is 52.7 Å². The summed E-state index contributed by atoms with van der Waals surface area (Å²) in [5, 5.41) is 2.26.